The Morgan fingerprint density at radius 1 is 1.33 bits per heavy atom. The van der Waals surface area contributed by atoms with E-state index in [-0.39, 0.29) is 11.6 Å². The third-order valence-corrected chi connectivity index (χ3v) is 3.54. The lowest BCUT2D eigenvalue weighted by molar-refractivity contribution is 0.216. The topological polar surface area (TPSA) is 35.5 Å². The number of nitrogens with one attached hydrogen (secondary N) is 1. The summed E-state index contributed by atoms with van der Waals surface area (Å²) in [6.07, 6.45) is 2.44. The van der Waals surface area contributed by atoms with E-state index in [0.29, 0.717) is 12.5 Å². The van der Waals surface area contributed by atoms with Gasteiger partial charge in [-0.05, 0) is 63.1 Å². The summed E-state index contributed by atoms with van der Waals surface area (Å²) in [6.45, 7) is 3.89. The number of halogens is 1. The third-order valence-electron chi connectivity index (χ3n) is 3.54. The van der Waals surface area contributed by atoms with E-state index in [1.165, 1.54) is 18.9 Å². The Kier molecular flexibility index (Phi) is 4.55. The normalized spacial score (nSPS) is 18.1. The number of hydrogen-bond acceptors (Lipinski definition) is 3. The number of rotatable bonds is 4. The molecule has 100 valence electrons. The molecule has 0 radical (unpaired) electrons. The fourth-order valence-electron chi connectivity index (χ4n) is 2.42. The van der Waals surface area contributed by atoms with Crippen LogP contribution in [0.15, 0.2) is 18.2 Å². The van der Waals surface area contributed by atoms with Gasteiger partial charge in [0.15, 0.2) is 0 Å². The van der Waals surface area contributed by atoms with Crippen molar-refractivity contribution in [1.82, 2.24) is 10.2 Å². The molecule has 1 fully saturated rings. The van der Waals surface area contributed by atoms with Crippen LogP contribution in [-0.4, -0.2) is 36.7 Å². The van der Waals surface area contributed by atoms with E-state index in [2.05, 4.69) is 17.3 Å². The van der Waals surface area contributed by atoms with Crippen LogP contribution >= 0.6 is 0 Å². The van der Waals surface area contributed by atoms with E-state index in [1.807, 2.05) is 0 Å². The highest BCUT2D eigenvalue weighted by atomic mass is 19.1. The number of phenols is 1. The summed E-state index contributed by atoms with van der Waals surface area (Å²) in [4.78, 5) is 2.35. The Balaban J connectivity index is 1.74. The first-order valence-corrected chi connectivity index (χ1v) is 6.51. The van der Waals surface area contributed by atoms with Crippen LogP contribution < -0.4 is 5.32 Å². The summed E-state index contributed by atoms with van der Waals surface area (Å²) in [5.41, 5.74) is 0.792. The average Bonchev–Trinajstić information content (AvgIpc) is 2.30. The molecule has 0 atom stereocenters. The van der Waals surface area contributed by atoms with Gasteiger partial charge < -0.3 is 15.3 Å². The fourth-order valence-corrected chi connectivity index (χ4v) is 2.42. The highest BCUT2D eigenvalue weighted by Crippen LogP contribution is 2.16. The monoisotopic (exact) mass is 252 g/mol. The highest BCUT2D eigenvalue weighted by molar-refractivity contribution is 5.28. The minimum atomic E-state index is -0.383. The van der Waals surface area contributed by atoms with E-state index in [0.717, 1.165) is 31.3 Å². The molecule has 0 bridgehead atoms. The van der Waals surface area contributed by atoms with Gasteiger partial charge in [-0.2, -0.15) is 0 Å². The second-order valence-corrected chi connectivity index (χ2v) is 5.20. The number of hydrogen-bond donors (Lipinski definition) is 2. The van der Waals surface area contributed by atoms with Gasteiger partial charge in [-0.25, -0.2) is 4.39 Å². The molecule has 0 aliphatic carbocycles. The quantitative estimate of drug-likeness (QED) is 0.860. The Bertz CT molecular complexity index is 369. The number of aromatic hydroxyl groups is 1. The van der Waals surface area contributed by atoms with Crippen molar-refractivity contribution in [1.29, 1.82) is 0 Å². The van der Waals surface area contributed by atoms with Crippen LogP contribution in [-0.2, 0) is 6.54 Å². The zero-order valence-corrected chi connectivity index (χ0v) is 10.8. The largest absolute Gasteiger partial charge is 0.508 e. The molecule has 3 nitrogen and oxygen atoms in total. The SMILES string of the molecule is CN1CCC(CNCc2cc(O)cc(F)c2)CC1. The Morgan fingerprint density at radius 3 is 2.72 bits per heavy atom. The number of nitrogens with zero attached hydrogens (tertiary/aromatic N) is 1. The highest BCUT2D eigenvalue weighted by Gasteiger charge is 2.15. The van der Waals surface area contributed by atoms with Crippen LogP contribution in [0.4, 0.5) is 4.39 Å². The van der Waals surface area contributed by atoms with E-state index in [4.69, 9.17) is 0 Å². The van der Waals surface area contributed by atoms with E-state index >= 15 is 0 Å². The molecule has 0 spiro atoms. The van der Waals surface area contributed by atoms with Crippen LogP contribution in [0.5, 0.6) is 5.75 Å². The summed E-state index contributed by atoms with van der Waals surface area (Å²) in [6, 6.07) is 4.19. The summed E-state index contributed by atoms with van der Waals surface area (Å²) >= 11 is 0. The Morgan fingerprint density at radius 2 is 2.06 bits per heavy atom. The molecule has 4 heteroatoms. The van der Waals surface area contributed by atoms with Crippen molar-refractivity contribution in [3.63, 3.8) is 0 Å². The van der Waals surface area contributed by atoms with Gasteiger partial charge in [-0.3, -0.25) is 0 Å². The lowest BCUT2D eigenvalue weighted by atomic mass is 9.97. The molecule has 2 N–H and O–H groups in total. The van der Waals surface area contributed by atoms with E-state index < -0.39 is 0 Å². The molecule has 0 amide bonds. The number of likely N-dealkylation sites (tertiary alicyclic amines) is 1. The van der Waals surface area contributed by atoms with Crippen molar-refractivity contribution in [2.75, 3.05) is 26.7 Å². The van der Waals surface area contributed by atoms with Gasteiger partial charge in [0.2, 0.25) is 0 Å². The first-order chi connectivity index (χ1) is 8.63. The minimum Gasteiger partial charge on any atom is -0.508 e. The maximum atomic E-state index is 13.1. The van der Waals surface area contributed by atoms with Crippen LogP contribution in [0.3, 0.4) is 0 Å². The zero-order valence-electron chi connectivity index (χ0n) is 10.8. The molecular formula is C14H21FN2O. The number of phenolic OH excluding ortho intramolecular Hbond substituents is 1. The fraction of sp³-hybridized carbons (Fsp3) is 0.571. The molecule has 0 unspecified atom stereocenters. The van der Waals surface area contributed by atoms with E-state index in [9.17, 15) is 9.50 Å². The zero-order chi connectivity index (χ0) is 13.0. The van der Waals surface area contributed by atoms with Gasteiger partial charge in [-0.15, -0.1) is 0 Å². The van der Waals surface area contributed by atoms with Gasteiger partial charge in [0.25, 0.3) is 0 Å². The van der Waals surface area contributed by atoms with Gasteiger partial charge in [0, 0.05) is 12.6 Å². The molecule has 1 aromatic carbocycles. The maximum Gasteiger partial charge on any atom is 0.127 e. The van der Waals surface area contributed by atoms with E-state index in [1.54, 1.807) is 6.07 Å². The Labute approximate surface area is 108 Å². The first kappa shape index (κ1) is 13.3. The number of piperidine rings is 1. The van der Waals surface area contributed by atoms with Crippen LogP contribution in [0, 0.1) is 11.7 Å². The third kappa shape index (κ3) is 3.96. The molecule has 0 aromatic heterocycles. The smallest absolute Gasteiger partial charge is 0.127 e. The molecule has 1 aliphatic rings. The summed E-state index contributed by atoms with van der Waals surface area (Å²) in [7, 11) is 2.15. The number of benzene rings is 1. The molecule has 18 heavy (non-hydrogen) atoms. The second kappa shape index (κ2) is 6.16. The summed E-state index contributed by atoms with van der Waals surface area (Å²) < 4.78 is 13.1. The predicted octanol–water partition coefficient (Wildman–Crippen LogP) is 1.96. The van der Waals surface area contributed by atoms with Crippen molar-refractivity contribution in [3.05, 3.63) is 29.6 Å². The van der Waals surface area contributed by atoms with Crippen LogP contribution in [0.2, 0.25) is 0 Å². The summed E-state index contributed by atoms with van der Waals surface area (Å²) in [5, 5.41) is 12.6. The van der Waals surface area contributed by atoms with Gasteiger partial charge in [-0.1, -0.05) is 0 Å². The second-order valence-electron chi connectivity index (χ2n) is 5.20. The standard InChI is InChI=1S/C14H21FN2O/c1-17-4-2-11(3-5-17)9-16-10-12-6-13(15)8-14(18)7-12/h6-8,11,16,18H,2-5,9-10H2,1H3. The van der Waals surface area contributed by atoms with Crippen molar-refractivity contribution in [2.45, 2.75) is 19.4 Å². The van der Waals surface area contributed by atoms with Crippen LogP contribution in [0.1, 0.15) is 18.4 Å². The lowest BCUT2D eigenvalue weighted by Crippen LogP contribution is -2.34. The molecule has 1 aromatic rings. The molecule has 1 heterocycles. The van der Waals surface area contributed by atoms with Crippen molar-refractivity contribution in [2.24, 2.45) is 5.92 Å². The maximum absolute atomic E-state index is 13.1. The van der Waals surface area contributed by atoms with Crippen molar-refractivity contribution < 1.29 is 9.50 Å². The predicted molar refractivity (Wildman–Crippen MR) is 70.0 cm³/mol. The molecule has 2 rings (SSSR count). The van der Waals surface area contributed by atoms with Gasteiger partial charge in [0.05, 0.1) is 0 Å². The molecular weight excluding hydrogens is 231 g/mol. The minimum absolute atomic E-state index is 0.00825. The van der Waals surface area contributed by atoms with Gasteiger partial charge >= 0.3 is 0 Å². The summed E-state index contributed by atoms with van der Waals surface area (Å²) in [5.74, 6) is 0.320. The van der Waals surface area contributed by atoms with Crippen LogP contribution in [0.25, 0.3) is 0 Å². The van der Waals surface area contributed by atoms with Gasteiger partial charge in [0.1, 0.15) is 11.6 Å². The first-order valence-electron chi connectivity index (χ1n) is 6.51. The van der Waals surface area contributed by atoms with Crippen molar-refractivity contribution in [3.8, 4) is 5.75 Å². The Hall–Kier alpha value is -1.13. The molecule has 1 aliphatic heterocycles. The average molecular weight is 252 g/mol. The van der Waals surface area contributed by atoms with Crippen molar-refractivity contribution >= 4 is 0 Å². The molecule has 0 saturated carbocycles. The molecule has 1 saturated heterocycles. The lowest BCUT2D eigenvalue weighted by Gasteiger charge is -2.29.